The first-order valence-corrected chi connectivity index (χ1v) is 6.90. The minimum Gasteiger partial charge on any atom is -0.383 e. The monoisotopic (exact) mass is 266 g/mol. The van der Waals surface area contributed by atoms with Gasteiger partial charge in [-0.2, -0.15) is 8.42 Å². The van der Waals surface area contributed by atoms with Gasteiger partial charge in [0.25, 0.3) is 10.1 Å². The Morgan fingerprint density at radius 2 is 2.00 bits per heavy atom. The molecule has 2 rings (SSSR count). The number of hydrogen-bond acceptors (Lipinski definition) is 4. The van der Waals surface area contributed by atoms with Crippen LogP contribution in [0.4, 0.5) is 5.69 Å². The third kappa shape index (κ3) is 2.61. The smallest absolute Gasteiger partial charge is 0.294 e. The molecule has 0 atom stereocenters. The maximum absolute atomic E-state index is 11.1. The molecule has 5 nitrogen and oxygen atoms in total. The highest BCUT2D eigenvalue weighted by Gasteiger charge is 2.10. The van der Waals surface area contributed by atoms with Gasteiger partial charge in [-0.25, -0.2) is 0 Å². The van der Waals surface area contributed by atoms with Crippen LogP contribution >= 0.6 is 0 Å². The molecule has 0 aliphatic rings. The Morgan fingerprint density at radius 3 is 2.67 bits per heavy atom. The second-order valence-electron chi connectivity index (χ2n) is 3.88. The average Bonchev–Trinajstić information content (AvgIpc) is 2.34. The molecule has 2 aromatic rings. The van der Waals surface area contributed by atoms with E-state index in [4.69, 9.17) is 10.3 Å². The topological polar surface area (TPSA) is 92.4 Å². The molecule has 0 unspecified atom stereocenters. The fourth-order valence-corrected chi connectivity index (χ4v) is 2.30. The largest absolute Gasteiger partial charge is 0.383 e. The van der Waals surface area contributed by atoms with Crippen molar-refractivity contribution in [3.05, 3.63) is 36.4 Å². The summed E-state index contributed by atoms with van der Waals surface area (Å²) in [4.78, 5) is -0.106. The van der Waals surface area contributed by atoms with Gasteiger partial charge in [0.05, 0.1) is 4.90 Å². The van der Waals surface area contributed by atoms with Crippen molar-refractivity contribution >= 4 is 26.6 Å². The van der Waals surface area contributed by atoms with Crippen LogP contribution in [0.1, 0.15) is 0 Å². The highest BCUT2D eigenvalue weighted by molar-refractivity contribution is 7.85. The summed E-state index contributed by atoms with van der Waals surface area (Å²) in [6, 6.07) is 9.98. The van der Waals surface area contributed by atoms with E-state index in [0.29, 0.717) is 13.1 Å². The van der Waals surface area contributed by atoms with Crippen LogP contribution in [-0.4, -0.2) is 26.1 Å². The Bertz CT molecular complexity index is 668. The minimum absolute atomic E-state index is 0.106. The molecule has 4 N–H and O–H groups in total. The lowest BCUT2D eigenvalue weighted by Crippen LogP contribution is -2.13. The van der Waals surface area contributed by atoms with Gasteiger partial charge in [-0.3, -0.25) is 4.55 Å². The van der Waals surface area contributed by atoms with E-state index in [2.05, 4.69) is 5.32 Å². The molecule has 0 aromatic heterocycles. The maximum atomic E-state index is 11.1. The first-order valence-electron chi connectivity index (χ1n) is 5.46. The number of fused-ring (bicyclic) bond motifs is 1. The fraction of sp³-hybridized carbons (Fsp3) is 0.167. The molecule has 0 amide bonds. The van der Waals surface area contributed by atoms with Crippen LogP contribution in [0.25, 0.3) is 10.8 Å². The first-order chi connectivity index (χ1) is 8.52. The van der Waals surface area contributed by atoms with E-state index in [1.165, 1.54) is 12.1 Å². The van der Waals surface area contributed by atoms with Crippen LogP contribution < -0.4 is 11.1 Å². The summed E-state index contributed by atoms with van der Waals surface area (Å²) in [5.74, 6) is 0. The van der Waals surface area contributed by atoms with Crippen LogP contribution in [0.5, 0.6) is 0 Å². The van der Waals surface area contributed by atoms with Gasteiger partial charge in [0.1, 0.15) is 0 Å². The lowest BCUT2D eigenvalue weighted by Gasteiger charge is -2.09. The van der Waals surface area contributed by atoms with Crippen LogP contribution in [0.2, 0.25) is 0 Å². The maximum Gasteiger partial charge on any atom is 0.294 e. The van der Waals surface area contributed by atoms with Crippen LogP contribution in [0, 0.1) is 0 Å². The van der Waals surface area contributed by atoms with E-state index in [9.17, 15) is 8.42 Å². The van der Waals surface area contributed by atoms with Gasteiger partial charge in [0.2, 0.25) is 0 Å². The molecular formula is C12H14N2O3S. The molecule has 0 spiro atoms. The fourth-order valence-electron chi connectivity index (χ4n) is 1.78. The first kappa shape index (κ1) is 12.8. The van der Waals surface area contributed by atoms with Crippen molar-refractivity contribution in [3.63, 3.8) is 0 Å². The van der Waals surface area contributed by atoms with Gasteiger partial charge in [-0.15, -0.1) is 0 Å². The lowest BCUT2D eigenvalue weighted by molar-refractivity contribution is 0.483. The highest BCUT2D eigenvalue weighted by Crippen LogP contribution is 2.25. The predicted octanol–water partition coefficient (Wildman–Crippen LogP) is 1.46. The quantitative estimate of drug-likeness (QED) is 0.728. The van der Waals surface area contributed by atoms with E-state index < -0.39 is 10.1 Å². The van der Waals surface area contributed by atoms with Crippen molar-refractivity contribution < 1.29 is 13.0 Å². The molecule has 0 fully saturated rings. The number of nitrogens with one attached hydrogen (secondary N) is 1. The second-order valence-corrected chi connectivity index (χ2v) is 5.30. The average molecular weight is 266 g/mol. The van der Waals surface area contributed by atoms with Crippen molar-refractivity contribution in [3.8, 4) is 0 Å². The van der Waals surface area contributed by atoms with Crippen molar-refractivity contribution in [2.24, 2.45) is 5.73 Å². The molecule has 2 aromatic carbocycles. The Balaban J connectivity index is 2.53. The van der Waals surface area contributed by atoms with Gasteiger partial charge in [0, 0.05) is 24.2 Å². The van der Waals surface area contributed by atoms with E-state index in [1.807, 2.05) is 12.1 Å². The molecule has 0 saturated carbocycles. The third-order valence-electron chi connectivity index (χ3n) is 2.61. The molecule has 0 aliphatic carbocycles. The molecule has 6 heteroatoms. The molecular weight excluding hydrogens is 252 g/mol. The summed E-state index contributed by atoms with van der Waals surface area (Å²) in [5, 5.41) is 4.79. The van der Waals surface area contributed by atoms with Gasteiger partial charge in [0.15, 0.2) is 0 Å². The van der Waals surface area contributed by atoms with Crippen molar-refractivity contribution in [1.29, 1.82) is 0 Å². The summed E-state index contributed by atoms with van der Waals surface area (Å²) < 4.78 is 31.1. The van der Waals surface area contributed by atoms with Crippen LogP contribution in [0.3, 0.4) is 0 Å². The van der Waals surface area contributed by atoms with E-state index >= 15 is 0 Å². The Hall–Kier alpha value is -1.63. The van der Waals surface area contributed by atoms with E-state index in [1.54, 1.807) is 12.1 Å². The summed E-state index contributed by atoms with van der Waals surface area (Å²) in [6.07, 6.45) is 0. The van der Waals surface area contributed by atoms with Crippen molar-refractivity contribution in [2.45, 2.75) is 4.90 Å². The Labute approximate surface area is 105 Å². The van der Waals surface area contributed by atoms with Gasteiger partial charge in [-0.05, 0) is 23.6 Å². The number of benzene rings is 2. The van der Waals surface area contributed by atoms with Crippen molar-refractivity contribution in [2.75, 3.05) is 18.4 Å². The lowest BCUT2D eigenvalue weighted by atomic mass is 10.1. The molecule has 0 radical (unpaired) electrons. The van der Waals surface area contributed by atoms with Gasteiger partial charge < -0.3 is 11.1 Å². The standard InChI is InChI=1S/C12H14N2O3S/c13-6-7-14-12-3-1-2-9-8-10(18(15,16)17)4-5-11(9)12/h1-5,8,14H,6-7,13H2,(H,15,16,17). The Morgan fingerprint density at radius 1 is 1.22 bits per heavy atom. The third-order valence-corrected chi connectivity index (χ3v) is 3.46. The second kappa shape index (κ2) is 4.93. The van der Waals surface area contributed by atoms with Crippen LogP contribution in [-0.2, 0) is 10.1 Å². The highest BCUT2D eigenvalue weighted by atomic mass is 32.2. The van der Waals surface area contributed by atoms with Gasteiger partial charge >= 0.3 is 0 Å². The van der Waals surface area contributed by atoms with Crippen molar-refractivity contribution in [1.82, 2.24) is 0 Å². The molecule has 0 aliphatic heterocycles. The minimum atomic E-state index is -4.16. The zero-order valence-corrected chi connectivity index (χ0v) is 10.4. The zero-order chi connectivity index (χ0) is 13.2. The summed E-state index contributed by atoms with van der Waals surface area (Å²) >= 11 is 0. The zero-order valence-electron chi connectivity index (χ0n) is 9.63. The molecule has 0 saturated heterocycles. The Kier molecular flexibility index (Phi) is 3.51. The predicted molar refractivity (Wildman–Crippen MR) is 71.3 cm³/mol. The summed E-state index contributed by atoms with van der Waals surface area (Å²) in [7, 11) is -4.16. The summed E-state index contributed by atoms with van der Waals surface area (Å²) in [6.45, 7) is 1.15. The van der Waals surface area contributed by atoms with Crippen LogP contribution in [0.15, 0.2) is 41.3 Å². The SMILES string of the molecule is NCCNc1cccc2cc(S(=O)(=O)O)ccc12. The van der Waals surface area contributed by atoms with E-state index in [-0.39, 0.29) is 4.90 Å². The summed E-state index contributed by atoms with van der Waals surface area (Å²) in [5.41, 5.74) is 6.32. The number of anilines is 1. The number of nitrogens with two attached hydrogens (primary N) is 1. The molecule has 96 valence electrons. The molecule has 0 bridgehead atoms. The number of hydrogen-bond donors (Lipinski definition) is 3. The normalized spacial score (nSPS) is 11.7. The molecule has 18 heavy (non-hydrogen) atoms. The van der Waals surface area contributed by atoms with Gasteiger partial charge in [-0.1, -0.05) is 18.2 Å². The van der Waals surface area contributed by atoms with E-state index in [0.717, 1.165) is 16.5 Å². The molecule has 0 heterocycles. The number of rotatable bonds is 4.